The zero-order valence-corrected chi connectivity index (χ0v) is 14.5. The summed E-state index contributed by atoms with van der Waals surface area (Å²) in [4.78, 5) is 15.7. The zero-order chi connectivity index (χ0) is 17.2. The largest absolute Gasteiger partial charge is 0.481 e. The predicted octanol–water partition coefficient (Wildman–Crippen LogP) is 3.95. The van der Waals surface area contributed by atoms with Gasteiger partial charge in [0.1, 0.15) is 0 Å². The van der Waals surface area contributed by atoms with E-state index in [1.165, 1.54) is 24.1 Å². The fourth-order valence-corrected chi connectivity index (χ4v) is 4.76. The number of hydrogen-bond donors (Lipinski definition) is 1. The van der Waals surface area contributed by atoms with E-state index < -0.39 is 5.97 Å². The average molecular weight is 337 g/mol. The highest BCUT2D eigenvalue weighted by Gasteiger charge is 2.55. The third-order valence-corrected chi connectivity index (χ3v) is 6.31. The number of nitrogens with zero attached hydrogens (tertiary/aromatic N) is 3. The molecule has 5 heteroatoms. The van der Waals surface area contributed by atoms with Gasteiger partial charge in [-0.1, -0.05) is 6.07 Å². The van der Waals surface area contributed by atoms with E-state index in [2.05, 4.69) is 23.0 Å². The second-order valence-corrected chi connectivity index (χ2v) is 8.35. The molecule has 3 saturated carbocycles. The molecule has 0 radical (unpaired) electrons. The smallest absolute Gasteiger partial charge is 0.306 e. The zero-order valence-electron chi connectivity index (χ0n) is 14.5. The number of aliphatic carboxylic acids is 1. The molecular weight excluding hydrogens is 314 g/mol. The summed E-state index contributed by atoms with van der Waals surface area (Å²) in [5.74, 6) is -0.155. The van der Waals surface area contributed by atoms with E-state index in [4.69, 9.17) is 15.2 Å². The van der Waals surface area contributed by atoms with Gasteiger partial charge in [0.2, 0.25) is 0 Å². The normalized spacial score (nSPS) is 30.8. The molecule has 1 spiro atoms. The molecule has 0 atom stereocenters. The van der Waals surface area contributed by atoms with Crippen molar-refractivity contribution in [3.63, 3.8) is 0 Å². The summed E-state index contributed by atoms with van der Waals surface area (Å²) in [6.45, 7) is 2.02. The minimum atomic E-state index is -0.628. The Morgan fingerprint density at radius 3 is 2.64 bits per heavy atom. The molecule has 3 aliphatic rings. The molecule has 2 heterocycles. The fourth-order valence-electron chi connectivity index (χ4n) is 4.76. The molecule has 3 aliphatic carbocycles. The van der Waals surface area contributed by atoms with Gasteiger partial charge in [0, 0.05) is 23.4 Å². The lowest BCUT2D eigenvalue weighted by Crippen LogP contribution is -2.50. The Morgan fingerprint density at radius 2 is 2.00 bits per heavy atom. The summed E-state index contributed by atoms with van der Waals surface area (Å²) in [6, 6.07) is 6.58. The molecule has 0 amide bonds. The van der Waals surface area contributed by atoms with Crippen molar-refractivity contribution < 1.29 is 9.90 Å². The third kappa shape index (κ3) is 2.48. The van der Waals surface area contributed by atoms with Crippen molar-refractivity contribution in [2.45, 2.75) is 57.4 Å². The van der Waals surface area contributed by atoms with E-state index in [-0.39, 0.29) is 11.3 Å². The lowest BCUT2D eigenvalue weighted by molar-refractivity contribution is -0.157. The molecule has 0 unspecified atom stereocenters. The molecule has 0 aliphatic heterocycles. The van der Waals surface area contributed by atoms with Gasteiger partial charge in [0.25, 0.3) is 0 Å². The van der Waals surface area contributed by atoms with Crippen LogP contribution in [0.15, 0.2) is 24.4 Å². The summed E-state index contributed by atoms with van der Waals surface area (Å²) in [5.41, 5.74) is 4.72. The summed E-state index contributed by atoms with van der Waals surface area (Å²) in [6.07, 6.45) is 8.48. The first-order chi connectivity index (χ1) is 12.0. The topological polar surface area (TPSA) is 68.0 Å². The Morgan fingerprint density at radius 1 is 1.24 bits per heavy atom. The van der Waals surface area contributed by atoms with Gasteiger partial charge in [-0.05, 0) is 63.0 Å². The highest BCUT2D eigenvalue weighted by atomic mass is 16.4. The maximum absolute atomic E-state index is 11.1. The average Bonchev–Trinajstić information content (AvgIpc) is 3.24. The highest BCUT2D eigenvalue weighted by Crippen LogP contribution is 2.62. The van der Waals surface area contributed by atoms with Gasteiger partial charge >= 0.3 is 5.97 Å². The van der Waals surface area contributed by atoms with Crippen molar-refractivity contribution in [1.82, 2.24) is 14.8 Å². The number of carboxylic acid groups (broad SMARTS) is 1. The van der Waals surface area contributed by atoms with Gasteiger partial charge in [-0.15, -0.1) is 0 Å². The van der Waals surface area contributed by atoms with Gasteiger partial charge in [0.05, 0.1) is 23.3 Å². The maximum atomic E-state index is 11.1. The first-order valence-electron chi connectivity index (χ1n) is 9.29. The Bertz CT molecular complexity index is 838. The van der Waals surface area contributed by atoms with Crippen LogP contribution >= 0.6 is 0 Å². The van der Waals surface area contributed by atoms with Crippen LogP contribution in [-0.4, -0.2) is 25.8 Å². The molecule has 0 aromatic carbocycles. The second kappa shape index (κ2) is 5.16. The van der Waals surface area contributed by atoms with Crippen LogP contribution in [0.4, 0.5) is 0 Å². The molecule has 5 rings (SSSR count). The number of pyridine rings is 1. The molecule has 5 nitrogen and oxygen atoms in total. The van der Waals surface area contributed by atoms with Crippen molar-refractivity contribution in [1.29, 1.82) is 0 Å². The first kappa shape index (κ1) is 15.1. The van der Waals surface area contributed by atoms with E-state index in [0.717, 1.165) is 37.1 Å². The van der Waals surface area contributed by atoms with Crippen molar-refractivity contribution in [2.24, 2.45) is 11.3 Å². The van der Waals surface area contributed by atoms with Gasteiger partial charge in [-0.3, -0.25) is 14.5 Å². The number of aromatic nitrogens is 3. The van der Waals surface area contributed by atoms with Crippen LogP contribution in [0.1, 0.15) is 61.9 Å². The van der Waals surface area contributed by atoms with E-state index >= 15 is 0 Å². The Hall–Kier alpha value is -2.17. The SMILES string of the molecule is Cc1cccc(-c2cn(C3CC4(CC(C(=O)O)C4)C3)nc2C2CC2)n1. The lowest BCUT2D eigenvalue weighted by atomic mass is 9.50. The molecule has 3 fully saturated rings. The maximum Gasteiger partial charge on any atom is 0.306 e. The van der Waals surface area contributed by atoms with Crippen LogP contribution in [-0.2, 0) is 4.79 Å². The van der Waals surface area contributed by atoms with Gasteiger partial charge < -0.3 is 5.11 Å². The summed E-state index contributed by atoms with van der Waals surface area (Å²) in [5, 5.41) is 14.0. The Kier molecular flexibility index (Phi) is 3.12. The minimum Gasteiger partial charge on any atom is -0.481 e. The minimum absolute atomic E-state index is 0.118. The molecule has 25 heavy (non-hydrogen) atoms. The van der Waals surface area contributed by atoms with Crippen LogP contribution in [0.3, 0.4) is 0 Å². The van der Waals surface area contributed by atoms with Crippen LogP contribution in [0.5, 0.6) is 0 Å². The highest BCUT2D eigenvalue weighted by molar-refractivity contribution is 5.71. The van der Waals surface area contributed by atoms with Crippen molar-refractivity contribution in [3.05, 3.63) is 35.8 Å². The van der Waals surface area contributed by atoms with Crippen LogP contribution in [0.2, 0.25) is 0 Å². The van der Waals surface area contributed by atoms with Crippen LogP contribution < -0.4 is 0 Å². The first-order valence-corrected chi connectivity index (χ1v) is 9.29. The van der Waals surface area contributed by atoms with Gasteiger partial charge in [0.15, 0.2) is 0 Å². The third-order valence-electron chi connectivity index (χ3n) is 6.31. The van der Waals surface area contributed by atoms with Crippen molar-refractivity contribution >= 4 is 5.97 Å². The lowest BCUT2D eigenvalue weighted by Gasteiger charge is -2.56. The van der Waals surface area contributed by atoms with Gasteiger partial charge in [-0.25, -0.2) is 0 Å². The van der Waals surface area contributed by atoms with E-state index in [1.807, 2.05) is 13.0 Å². The van der Waals surface area contributed by atoms with E-state index in [0.29, 0.717) is 12.0 Å². The standard InChI is InChI=1S/C20H23N3O2/c1-12-3-2-4-17(21-12)16-11-23(22-18(16)13-5-6-13)15-9-20(10-15)7-14(8-20)19(24)25/h2-4,11,13-15H,5-10H2,1H3,(H,24,25). The van der Waals surface area contributed by atoms with E-state index in [1.54, 1.807) is 0 Å². The second-order valence-electron chi connectivity index (χ2n) is 8.35. The van der Waals surface area contributed by atoms with Crippen molar-refractivity contribution in [2.75, 3.05) is 0 Å². The number of hydrogen-bond acceptors (Lipinski definition) is 3. The molecule has 2 aromatic rings. The number of carbonyl (C=O) groups is 1. The van der Waals surface area contributed by atoms with Crippen LogP contribution in [0, 0.1) is 18.3 Å². The fraction of sp³-hybridized carbons (Fsp3) is 0.550. The van der Waals surface area contributed by atoms with Gasteiger partial charge in [-0.2, -0.15) is 5.10 Å². The number of rotatable bonds is 4. The monoisotopic (exact) mass is 337 g/mol. The summed E-state index contributed by atoms with van der Waals surface area (Å²) in [7, 11) is 0. The Balaban J connectivity index is 1.37. The molecular formula is C20H23N3O2. The van der Waals surface area contributed by atoms with E-state index in [9.17, 15) is 4.79 Å². The molecule has 0 bridgehead atoms. The number of aryl methyl sites for hydroxylation is 1. The predicted molar refractivity (Wildman–Crippen MR) is 93.2 cm³/mol. The number of carboxylic acids is 1. The summed E-state index contributed by atoms with van der Waals surface area (Å²) < 4.78 is 2.15. The molecule has 130 valence electrons. The van der Waals surface area contributed by atoms with Crippen LogP contribution in [0.25, 0.3) is 11.3 Å². The molecule has 1 N–H and O–H groups in total. The quantitative estimate of drug-likeness (QED) is 0.917. The molecule has 2 aromatic heterocycles. The van der Waals surface area contributed by atoms with Crippen molar-refractivity contribution in [3.8, 4) is 11.3 Å². The molecule has 0 saturated heterocycles. The Labute approximate surface area is 147 Å². The summed E-state index contributed by atoms with van der Waals surface area (Å²) >= 11 is 0.